The first-order valence-corrected chi connectivity index (χ1v) is 8.90. The molecule has 0 aliphatic rings. The molecule has 2 aromatic rings. The standard InChI is InChI=1S/C16H19N3O2S2/c1-11-5-4-6-15(12(11)2)19-16(22)18-13-7-9-14(10-8-13)23(20,21)17-3/h4-10,17H,1-3H3,(H2,18,19,22). The van der Waals surface area contributed by atoms with E-state index in [2.05, 4.69) is 15.4 Å². The van der Waals surface area contributed by atoms with Crippen LogP contribution in [0, 0.1) is 13.8 Å². The monoisotopic (exact) mass is 349 g/mol. The molecule has 0 aliphatic heterocycles. The van der Waals surface area contributed by atoms with Gasteiger partial charge in [-0.3, -0.25) is 0 Å². The molecular formula is C16H19N3O2S2. The van der Waals surface area contributed by atoms with Crippen molar-refractivity contribution < 1.29 is 8.42 Å². The minimum Gasteiger partial charge on any atom is -0.332 e. The highest BCUT2D eigenvalue weighted by Crippen LogP contribution is 2.19. The Morgan fingerprint density at radius 2 is 1.65 bits per heavy atom. The molecule has 0 fully saturated rings. The summed E-state index contributed by atoms with van der Waals surface area (Å²) in [4.78, 5) is 0.207. The maximum Gasteiger partial charge on any atom is 0.240 e. The average molecular weight is 349 g/mol. The molecule has 0 heterocycles. The Labute approximate surface area is 142 Å². The van der Waals surface area contributed by atoms with Gasteiger partial charge in [-0.1, -0.05) is 12.1 Å². The van der Waals surface area contributed by atoms with Crippen LogP contribution in [0.1, 0.15) is 11.1 Å². The number of sulfonamides is 1. The molecule has 0 bridgehead atoms. The predicted molar refractivity (Wildman–Crippen MR) is 98.4 cm³/mol. The molecule has 0 spiro atoms. The van der Waals surface area contributed by atoms with Gasteiger partial charge in [-0.2, -0.15) is 0 Å². The molecule has 0 saturated carbocycles. The third-order valence-corrected chi connectivity index (χ3v) is 5.18. The van der Waals surface area contributed by atoms with E-state index in [4.69, 9.17) is 12.2 Å². The summed E-state index contributed by atoms with van der Waals surface area (Å²) in [5, 5.41) is 6.63. The number of thiocarbonyl (C=S) groups is 1. The Morgan fingerprint density at radius 1 is 1.00 bits per heavy atom. The average Bonchev–Trinajstić information content (AvgIpc) is 2.52. The molecule has 0 radical (unpaired) electrons. The molecule has 5 nitrogen and oxygen atoms in total. The normalized spacial score (nSPS) is 11.1. The van der Waals surface area contributed by atoms with Crippen molar-refractivity contribution in [2.45, 2.75) is 18.7 Å². The summed E-state index contributed by atoms with van der Waals surface area (Å²) in [5.74, 6) is 0. The third kappa shape index (κ3) is 4.28. The van der Waals surface area contributed by atoms with Crippen LogP contribution in [0.25, 0.3) is 0 Å². The van der Waals surface area contributed by atoms with E-state index >= 15 is 0 Å². The second-order valence-electron chi connectivity index (χ2n) is 5.06. The lowest BCUT2D eigenvalue weighted by atomic mass is 10.1. The van der Waals surface area contributed by atoms with Gasteiger partial charge < -0.3 is 10.6 Å². The first-order chi connectivity index (χ1) is 10.8. The van der Waals surface area contributed by atoms with Gasteiger partial charge in [0.15, 0.2) is 5.11 Å². The number of aryl methyl sites for hydroxylation is 1. The summed E-state index contributed by atoms with van der Waals surface area (Å²) in [7, 11) is -2.05. The van der Waals surface area contributed by atoms with E-state index in [1.54, 1.807) is 12.1 Å². The number of anilines is 2. The van der Waals surface area contributed by atoms with Crippen molar-refractivity contribution >= 4 is 38.7 Å². The van der Waals surface area contributed by atoms with Gasteiger partial charge in [-0.15, -0.1) is 0 Å². The summed E-state index contributed by atoms with van der Waals surface area (Å²) in [6.45, 7) is 4.07. The molecule has 7 heteroatoms. The van der Waals surface area contributed by atoms with Crippen LogP contribution in [0.15, 0.2) is 47.4 Å². The molecule has 122 valence electrons. The van der Waals surface area contributed by atoms with E-state index in [0.717, 1.165) is 11.3 Å². The van der Waals surface area contributed by atoms with Crippen LogP contribution < -0.4 is 15.4 Å². The molecule has 23 heavy (non-hydrogen) atoms. The van der Waals surface area contributed by atoms with E-state index < -0.39 is 10.0 Å². The van der Waals surface area contributed by atoms with Crippen LogP contribution in [0.4, 0.5) is 11.4 Å². The van der Waals surface area contributed by atoms with Gasteiger partial charge in [0.2, 0.25) is 10.0 Å². The molecule has 3 N–H and O–H groups in total. The van der Waals surface area contributed by atoms with Crippen molar-refractivity contribution in [1.29, 1.82) is 0 Å². The Kier molecular flexibility index (Phi) is 5.35. The lowest BCUT2D eigenvalue weighted by Gasteiger charge is -2.14. The fraction of sp³-hybridized carbons (Fsp3) is 0.188. The Balaban J connectivity index is 2.07. The lowest BCUT2D eigenvalue weighted by Crippen LogP contribution is -2.20. The van der Waals surface area contributed by atoms with E-state index in [9.17, 15) is 8.42 Å². The van der Waals surface area contributed by atoms with Gasteiger partial charge in [0, 0.05) is 11.4 Å². The maximum atomic E-state index is 11.7. The van der Waals surface area contributed by atoms with Crippen LogP contribution in [-0.4, -0.2) is 20.6 Å². The van der Waals surface area contributed by atoms with Crippen LogP contribution in [-0.2, 0) is 10.0 Å². The minimum atomic E-state index is -3.43. The van der Waals surface area contributed by atoms with Gasteiger partial charge in [-0.05, 0) is 74.6 Å². The van der Waals surface area contributed by atoms with Crippen LogP contribution in [0.3, 0.4) is 0 Å². The zero-order chi connectivity index (χ0) is 17.0. The second kappa shape index (κ2) is 7.08. The Bertz CT molecular complexity index is 816. The molecule has 2 rings (SSSR count). The number of benzene rings is 2. The second-order valence-corrected chi connectivity index (χ2v) is 7.35. The van der Waals surface area contributed by atoms with Crippen molar-refractivity contribution in [3.8, 4) is 0 Å². The summed E-state index contributed by atoms with van der Waals surface area (Å²) < 4.78 is 25.6. The number of nitrogens with one attached hydrogen (secondary N) is 3. The maximum absolute atomic E-state index is 11.7. The van der Waals surface area contributed by atoms with Gasteiger partial charge in [0.1, 0.15) is 0 Å². The van der Waals surface area contributed by atoms with Crippen LogP contribution >= 0.6 is 12.2 Å². The molecule has 0 unspecified atom stereocenters. The minimum absolute atomic E-state index is 0.207. The van der Waals surface area contributed by atoms with E-state index in [-0.39, 0.29) is 4.90 Å². The Hall–Kier alpha value is -1.96. The molecule has 2 aromatic carbocycles. The summed E-state index contributed by atoms with van der Waals surface area (Å²) in [6, 6.07) is 12.3. The molecule has 0 amide bonds. The summed E-state index contributed by atoms with van der Waals surface area (Å²) in [5.41, 5.74) is 3.96. The van der Waals surface area contributed by atoms with Crippen molar-refractivity contribution in [2.24, 2.45) is 0 Å². The van der Waals surface area contributed by atoms with E-state index in [0.29, 0.717) is 10.8 Å². The lowest BCUT2D eigenvalue weighted by molar-refractivity contribution is 0.588. The number of hydrogen-bond acceptors (Lipinski definition) is 3. The SMILES string of the molecule is CNS(=O)(=O)c1ccc(NC(=S)Nc2cccc(C)c2C)cc1. The van der Waals surface area contributed by atoms with Gasteiger partial charge >= 0.3 is 0 Å². The van der Waals surface area contributed by atoms with E-state index in [1.807, 2.05) is 32.0 Å². The van der Waals surface area contributed by atoms with Crippen molar-refractivity contribution in [3.63, 3.8) is 0 Å². The highest BCUT2D eigenvalue weighted by atomic mass is 32.2. The molecule has 0 saturated heterocycles. The van der Waals surface area contributed by atoms with Gasteiger partial charge in [0.25, 0.3) is 0 Å². The largest absolute Gasteiger partial charge is 0.332 e. The quantitative estimate of drug-likeness (QED) is 0.740. The van der Waals surface area contributed by atoms with Crippen molar-refractivity contribution in [3.05, 3.63) is 53.6 Å². The molecule has 0 aromatic heterocycles. The number of rotatable bonds is 4. The van der Waals surface area contributed by atoms with Crippen LogP contribution in [0.5, 0.6) is 0 Å². The molecular weight excluding hydrogens is 330 g/mol. The van der Waals surface area contributed by atoms with Crippen molar-refractivity contribution in [2.75, 3.05) is 17.7 Å². The van der Waals surface area contributed by atoms with E-state index in [1.165, 1.54) is 24.7 Å². The smallest absolute Gasteiger partial charge is 0.240 e. The first kappa shape index (κ1) is 17.4. The highest BCUT2D eigenvalue weighted by molar-refractivity contribution is 7.89. The first-order valence-electron chi connectivity index (χ1n) is 7.01. The fourth-order valence-corrected chi connectivity index (χ4v) is 2.96. The number of hydrogen-bond donors (Lipinski definition) is 3. The molecule has 0 atom stereocenters. The fourth-order valence-electron chi connectivity index (χ4n) is 2.01. The Morgan fingerprint density at radius 3 is 2.26 bits per heavy atom. The predicted octanol–water partition coefficient (Wildman–Crippen LogP) is 3.02. The summed E-state index contributed by atoms with van der Waals surface area (Å²) >= 11 is 5.30. The topological polar surface area (TPSA) is 70.2 Å². The van der Waals surface area contributed by atoms with Gasteiger partial charge in [-0.25, -0.2) is 13.1 Å². The zero-order valence-electron chi connectivity index (χ0n) is 13.2. The molecule has 0 aliphatic carbocycles. The van der Waals surface area contributed by atoms with Crippen molar-refractivity contribution in [1.82, 2.24) is 4.72 Å². The zero-order valence-corrected chi connectivity index (χ0v) is 14.8. The third-order valence-electron chi connectivity index (χ3n) is 3.54. The van der Waals surface area contributed by atoms with Gasteiger partial charge in [0.05, 0.1) is 4.90 Å². The van der Waals surface area contributed by atoms with Crippen LogP contribution in [0.2, 0.25) is 0 Å². The highest BCUT2D eigenvalue weighted by Gasteiger charge is 2.10. The summed E-state index contributed by atoms with van der Waals surface area (Å²) in [6.07, 6.45) is 0.